The van der Waals surface area contributed by atoms with Gasteiger partial charge in [-0.15, -0.1) is 0 Å². The van der Waals surface area contributed by atoms with Gasteiger partial charge in [-0.25, -0.2) is 0 Å². The van der Waals surface area contributed by atoms with Gasteiger partial charge in [0.1, 0.15) is 0 Å². The van der Waals surface area contributed by atoms with Crippen LogP contribution in [-0.2, 0) is 0 Å². The fraction of sp³-hybridized carbons (Fsp3) is 0. The van der Waals surface area contributed by atoms with Gasteiger partial charge in [-0.1, -0.05) is 11.6 Å². The first-order valence-electron chi connectivity index (χ1n) is 3.16. The molecule has 56 valence electrons. The number of aromatic amines is 1. The van der Waals surface area contributed by atoms with Crippen LogP contribution in [0.3, 0.4) is 0 Å². The molecule has 2 aromatic rings. The van der Waals surface area contributed by atoms with Crippen LogP contribution >= 0.6 is 11.6 Å². The van der Waals surface area contributed by atoms with E-state index in [1.807, 2.05) is 6.07 Å². The number of H-pyrrole nitrogens is 1. The van der Waals surface area contributed by atoms with Crippen molar-refractivity contribution in [1.29, 1.82) is 0 Å². The highest BCUT2D eigenvalue weighted by atomic mass is 35.5. The third kappa shape index (κ3) is 0.851. The number of benzene rings is 1. The van der Waals surface area contributed by atoms with E-state index in [2.05, 4.69) is 10.2 Å². The molecule has 0 bridgehead atoms. The van der Waals surface area contributed by atoms with Crippen LogP contribution in [0.2, 0.25) is 5.02 Å². The molecule has 0 atom stereocenters. The second-order valence-corrected chi connectivity index (χ2v) is 2.68. The predicted molar refractivity (Wildman–Crippen MR) is 45.5 cm³/mol. The Kier molecular flexibility index (Phi) is 1.26. The molecule has 0 spiro atoms. The van der Waals surface area contributed by atoms with Crippen molar-refractivity contribution in [3.63, 3.8) is 0 Å². The quantitative estimate of drug-likeness (QED) is 0.588. The normalized spacial score (nSPS) is 10.6. The molecule has 0 saturated heterocycles. The first-order chi connectivity index (χ1) is 5.29. The topological polar surface area (TPSA) is 54.7 Å². The average Bonchev–Trinajstić information content (AvgIpc) is 2.45. The van der Waals surface area contributed by atoms with Crippen LogP contribution in [-0.4, -0.2) is 10.2 Å². The van der Waals surface area contributed by atoms with Crippen LogP contribution in [0.15, 0.2) is 18.3 Å². The summed E-state index contributed by atoms with van der Waals surface area (Å²) in [7, 11) is 0. The number of rotatable bonds is 0. The van der Waals surface area contributed by atoms with Gasteiger partial charge in [-0.3, -0.25) is 5.10 Å². The summed E-state index contributed by atoms with van der Waals surface area (Å²) in [5.41, 5.74) is 7.06. The second-order valence-electron chi connectivity index (χ2n) is 2.30. The number of nitrogen functional groups attached to an aromatic ring is 1. The van der Waals surface area contributed by atoms with E-state index in [0.29, 0.717) is 10.7 Å². The Morgan fingerprint density at radius 1 is 1.45 bits per heavy atom. The Balaban J connectivity index is 2.93. The SMILES string of the molecule is Nc1ccc2[nH]ncc2c1Cl. The zero-order valence-electron chi connectivity index (χ0n) is 5.63. The van der Waals surface area contributed by atoms with Gasteiger partial charge < -0.3 is 5.73 Å². The Labute approximate surface area is 68.2 Å². The van der Waals surface area contributed by atoms with Gasteiger partial charge in [0.25, 0.3) is 0 Å². The Morgan fingerprint density at radius 3 is 3.09 bits per heavy atom. The third-order valence-electron chi connectivity index (χ3n) is 1.59. The zero-order chi connectivity index (χ0) is 7.84. The lowest BCUT2D eigenvalue weighted by atomic mass is 10.2. The van der Waals surface area contributed by atoms with Crippen molar-refractivity contribution in [2.24, 2.45) is 0 Å². The minimum atomic E-state index is 0.566. The molecular weight excluding hydrogens is 162 g/mol. The lowest BCUT2D eigenvalue weighted by molar-refractivity contribution is 1.12. The minimum Gasteiger partial charge on any atom is -0.398 e. The Hall–Kier alpha value is -1.22. The maximum atomic E-state index is 5.88. The smallest absolute Gasteiger partial charge is 0.0745 e. The van der Waals surface area contributed by atoms with Crippen LogP contribution < -0.4 is 5.73 Å². The number of aromatic nitrogens is 2. The van der Waals surface area contributed by atoms with Crippen LogP contribution in [0.25, 0.3) is 10.9 Å². The highest BCUT2D eigenvalue weighted by molar-refractivity contribution is 6.37. The fourth-order valence-corrected chi connectivity index (χ4v) is 1.21. The molecule has 0 aliphatic rings. The van der Waals surface area contributed by atoms with E-state index in [0.717, 1.165) is 10.9 Å². The van der Waals surface area contributed by atoms with Crippen molar-refractivity contribution < 1.29 is 0 Å². The number of fused-ring (bicyclic) bond motifs is 1. The van der Waals surface area contributed by atoms with Gasteiger partial charge in [-0.05, 0) is 12.1 Å². The zero-order valence-corrected chi connectivity index (χ0v) is 6.39. The number of hydrogen-bond acceptors (Lipinski definition) is 2. The molecule has 4 heteroatoms. The van der Waals surface area contributed by atoms with Gasteiger partial charge in [0.05, 0.1) is 22.4 Å². The molecule has 0 saturated carbocycles. The summed E-state index contributed by atoms with van der Waals surface area (Å²) in [5, 5.41) is 8.07. The van der Waals surface area contributed by atoms with Crippen LogP contribution in [0.1, 0.15) is 0 Å². The standard InChI is InChI=1S/C7H6ClN3/c8-7-4-3-10-11-6(4)2-1-5(7)9/h1-3H,9H2,(H,10,11). The number of anilines is 1. The molecule has 1 heterocycles. The summed E-state index contributed by atoms with van der Waals surface area (Å²) in [6.07, 6.45) is 1.66. The summed E-state index contributed by atoms with van der Waals surface area (Å²) in [6.45, 7) is 0. The number of nitrogens with zero attached hydrogens (tertiary/aromatic N) is 1. The molecular formula is C7H6ClN3. The largest absolute Gasteiger partial charge is 0.398 e. The molecule has 0 radical (unpaired) electrons. The number of nitrogens with two attached hydrogens (primary N) is 1. The van der Waals surface area contributed by atoms with Crippen molar-refractivity contribution in [1.82, 2.24) is 10.2 Å². The first kappa shape index (κ1) is 6.49. The monoisotopic (exact) mass is 167 g/mol. The summed E-state index contributed by atoms with van der Waals surface area (Å²) in [6, 6.07) is 3.60. The van der Waals surface area contributed by atoms with Gasteiger partial charge in [0.15, 0.2) is 0 Å². The molecule has 11 heavy (non-hydrogen) atoms. The highest BCUT2D eigenvalue weighted by Gasteiger charge is 2.02. The summed E-state index contributed by atoms with van der Waals surface area (Å²) < 4.78 is 0. The third-order valence-corrected chi connectivity index (χ3v) is 2.01. The maximum absolute atomic E-state index is 5.88. The predicted octanol–water partition coefficient (Wildman–Crippen LogP) is 1.80. The molecule has 1 aromatic heterocycles. The van der Waals surface area contributed by atoms with Crippen molar-refractivity contribution in [3.05, 3.63) is 23.4 Å². The number of nitrogens with one attached hydrogen (secondary N) is 1. The molecule has 0 fully saturated rings. The lowest BCUT2D eigenvalue weighted by Gasteiger charge is -1.96. The number of hydrogen-bond donors (Lipinski definition) is 2. The maximum Gasteiger partial charge on any atom is 0.0745 e. The van der Waals surface area contributed by atoms with E-state index in [-0.39, 0.29) is 0 Å². The summed E-state index contributed by atoms with van der Waals surface area (Å²) in [4.78, 5) is 0. The van der Waals surface area contributed by atoms with E-state index in [4.69, 9.17) is 17.3 Å². The van der Waals surface area contributed by atoms with E-state index in [9.17, 15) is 0 Å². The van der Waals surface area contributed by atoms with Gasteiger partial charge in [0.2, 0.25) is 0 Å². The average molecular weight is 168 g/mol. The highest BCUT2D eigenvalue weighted by Crippen LogP contribution is 2.26. The number of halogens is 1. The van der Waals surface area contributed by atoms with E-state index in [1.54, 1.807) is 12.3 Å². The van der Waals surface area contributed by atoms with Crippen molar-refractivity contribution in [2.75, 3.05) is 5.73 Å². The van der Waals surface area contributed by atoms with E-state index in [1.165, 1.54) is 0 Å². The molecule has 0 unspecified atom stereocenters. The van der Waals surface area contributed by atoms with Crippen LogP contribution in [0.4, 0.5) is 5.69 Å². The lowest BCUT2D eigenvalue weighted by Crippen LogP contribution is -1.84. The van der Waals surface area contributed by atoms with Crippen molar-refractivity contribution >= 4 is 28.2 Å². The summed E-state index contributed by atoms with van der Waals surface area (Å²) in [5.74, 6) is 0. The minimum absolute atomic E-state index is 0.566. The molecule has 2 rings (SSSR count). The molecule has 3 N–H and O–H groups in total. The second kappa shape index (κ2) is 2.13. The molecule has 0 aliphatic carbocycles. The van der Waals surface area contributed by atoms with Crippen LogP contribution in [0.5, 0.6) is 0 Å². The van der Waals surface area contributed by atoms with E-state index < -0.39 is 0 Å². The van der Waals surface area contributed by atoms with E-state index >= 15 is 0 Å². The van der Waals surface area contributed by atoms with Gasteiger partial charge in [-0.2, -0.15) is 5.10 Å². The van der Waals surface area contributed by atoms with Crippen molar-refractivity contribution in [3.8, 4) is 0 Å². The van der Waals surface area contributed by atoms with Crippen LogP contribution in [0, 0.1) is 0 Å². The molecule has 0 amide bonds. The Morgan fingerprint density at radius 2 is 2.27 bits per heavy atom. The van der Waals surface area contributed by atoms with Gasteiger partial charge >= 0.3 is 0 Å². The first-order valence-corrected chi connectivity index (χ1v) is 3.54. The Bertz CT molecular complexity index is 393. The fourth-order valence-electron chi connectivity index (χ4n) is 1.000. The summed E-state index contributed by atoms with van der Waals surface area (Å²) >= 11 is 5.88. The molecule has 1 aromatic carbocycles. The molecule has 0 aliphatic heterocycles. The van der Waals surface area contributed by atoms with Gasteiger partial charge in [0, 0.05) is 5.39 Å². The van der Waals surface area contributed by atoms with Crippen molar-refractivity contribution in [2.45, 2.75) is 0 Å². The molecule has 3 nitrogen and oxygen atoms in total.